The Morgan fingerprint density at radius 2 is 2.00 bits per heavy atom. The molecule has 0 unspecified atom stereocenters. The fourth-order valence-corrected chi connectivity index (χ4v) is 5.10. The number of rotatable bonds is 1. The van der Waals surface area contributed by atoms with Gasteiger partial charge in [-0.25, -0.2) is 0 Å². The van der Waals surface area contributed by atoms with Crippen molar-refractivity contribution < 1.29 is 4.79 Å². The maximum atomic E-state index is 12.9. The molecule has 1 aliphatic heterocycles. The third kappa shape index (κ3) is 2.22. The molecule has 3 aliphatic rings. The lowest BCUT2D eigenvalue weighted by molar-refractivity contribution is 0.0793. The molecular weight excluding hydrogens is 348 g/mol. The molecule has 1 fully saturated rings. The molecule has 6 rings (SSSR count). The maximum Gasteiger partial charge on any atom is 0.253 e. The summed E-state index contributed by atoms with van der Waals surface area (Å²) in [5, 5.41) is 3.31. The van der Waals surface area contributed by atoms with Gasteiger partial charge in [-0.15, -0.1) is 0 Å². The molecule has 0 radical (unpaired) electrons. The first-order valence-corrected chi connectivity index (χ1v) is 10.1. The van der Waals surface area contributed by atoms with Gasteiger partial charge >= 0.3 is 0 Å². The van der Waals surface area contributed by atoms with E-state index in [0.717, 1.165) is 65.9 Å². The molecule has 2 N–H and O–H groups in total. The number of aromatic nitrogens is 3. The number of nitrogens with one attached hydrogen (secondary N) is 2. The Labute approximate surface area is 163 Å². The average molecular weight is 370 g/mol. The second kappa shape index (κ2) is 5.53. The van der Waals surface area contributed by atoms with E-state index in [4.69, 9.17) is 0 Å². The minimum absolute atomic E-state index is 0.00298. The number of carbonyl (C=O) groups excluding carboxylic acids is 1. The van der Waals surface area contributed by atoms with Gasteiger partial charge in [0.05, 0.1) is 17.0 Å². The number of aryl methyl sites for hydroxylation is 2. The number of fused-ring (bicyclic) bond motifs is 5. The Balaban J connectivity index is 1.48. The van der Waals surface area contributed by atoms with Crippen LogP contribution in [-0.4, -0.2) is 26.4 Å². The average Bonchev–Trinajstić information content (AvgIpc) is 3.05. The predicted molar refractivity (Wildman–Crippen MR) is 107 cm³/mol. The molecule has 0 saturated heterocycles. The monoisotopic (exact) mass is 370 g/mol. The van der Waals surface area contributed by atoms with Gasteiger partial charge in [-0.1, -0.05) is 0 Å². The molecular formula is C23H22N4O. The first-order valence-electron chi connectivity index (χ1n) is 10.1. The summed E-state index contributed by atoms with van der Waals surface area (Å²) in [4.78, 5) is 25.6. The van der Waals surface area contributed by atoms with Crippen LogP contribution in [0.5, 0.6) is 0 Å². The van der Waals surface area contributed by atoms with Crippen LogP contribution in [0.1, 0.15) is 52.0 Å². The Kier molecular flexibility index (Phi) is 3.17. The Bertz CT molecular complexity index is 1140. The van der Waals surface area contributed by atoms with E-state index >= 15 is 0 Å². The van der Waals surface area contributed by atoms with Crippen molar-refractivity contribution in [1.82, 2.24) is 20.3 Å². The summed E-state index contributed by atoms with van der Waals surface area (Å²) in [6.07, 6.45) is 11.8. The van der Waals surface area contributed by atoms with Gasteiger partial charge in [0, 0.05) is 47.4 Å². The van der Waals surface area contributed by atoms with Crippen molar-refractivity contribution in [2.24, 2.45) is 0 Å². The first kappa shape index (κ1) is 16.0. The highest BCUT2D eigenvalue weighted by Crippen LogP contribution is 2.43. The minimum atomic E-state index is -0.00298. The highest BCUT2D eigenvalue weighted by Gasteiger charge is 2.45. The number of carbonyl (C=O) groups is 1. The molecule has 28 heavy (non-hydrogen) atoms. The van der Waals surface area contributed by atoms with Gasteiger partial charge in [-0.05, 0) is 67.9 Å². The predicted octanol–water partition coefficient (Wildman–Crippen LogP) is 3.75. The summed E-state index contributed by atoms with van der Waals surface area (Å²) >= 11 is 0. The SMILES string of the molecule is Cc1cncc(-c2cc3c(cn2)CCc2c-3[nH]c3c2C(=O)NC2(CCC2)C3)c1. The van der Waals surface area contributed by atoms with Crippen LogP contribution in [0.15, 0.2) is 30.7 Å². The Morgan fingerprint density at radius 1 is 1.11 bits per heavy atom. The molecule has 5 heteroatoms. The van der Waals surface area contributed by atoms with E-state index in [-0.39, 0.29) is 11.4 Å². The molecule has 2 aliphatic carbocycles. The van der Waals surface area contributed by atoms with Gasteiger partial charge in [-0.2, -0.15) is 0 Å². The van der Waals surface area contributed by atoms with Crippen LogP contribution in [0.3, 0.4) is 0 Å². The summed E-state index contributed by atoms with van der Waals surface area (Å²) in [6, 6.07) is 4.27. The van der Waals surface area contributed by atoms with Crippen LogP contribution in [0.25, 0.3) is 22.5 Å². The summed E-state index contributed by atoms with van der Waals surface area (Å²) < 4.78 is 0. The lowest BCUT2D eigenvalue weighted by Crippen LogP contribution is -2.57. The fourth-order valence-electron chi connectivity index (χ4n) is 5.10. The number of H-pyrrole nitrogens is 1. The molecule has 1 amide bonds. The van der Waals surface area contributed by atoms with Gasteiger partial charge in [0.25, 0.3) is 5.91 Å². The van der Waals surface area contributed by atoms with E-state index < -0.39 is 0 Å². The zero-order chi connectivity index (χ0) is 18.9. The van der Waals surface area contributed by atoms with Crippen LogP contribution >= 0.6 is 0 Å². The normalized spacial score (nSPS) is 18.7. The second-order valence-electron chi connectivity index (χ2n) is 8.57. The molecule has 1 saturated carbocycles. The summed E-state index contributed by atoms with van der Waals surface area (Å²) in [7, 11) is 0. The van der Waals surface area contributed by atoms with Gasteiger partial charge in [0.15, 0.2) is 0 Å². The Hall–Kier alpha value is -2.95. The van der Waals surface area contributed by atoms with E-state index in [0.29, 0.717) is 0 Å². The standard InChI is InChI=1S/C23H22N4O/c1-13-7-15(11-24-10-13)18-8-17-14(12-25-18)3-4-16-20-19(26-21(16)17)9-23(5-2-6-23)27-22(20)28/h7-8,10-12,26H,2-6,9H2,1H3,(H,27,28). The molecule has 4 heterocycles. The van der Waals surface area contributed by atoms with Crippen LogP contribution < -0.4 is 5.32 Å². The minimum Gasteiger partial charge on any atom is -0.357 e. The maximum absolute atomic E-state index is 12.9. The van der Waals surface area contributed by atoms with E-state index in [1.54, 1.807) is 0 Å². The molecule has 0 atom stereocenters. The summed E-state index contributed by atoms with van der Waals surface area (Å²) in [5.74, 6) is 0.110. The highest BCUT2D eigenvalue weighted by molar-refractivity contribution is 6.01. The number of nitrogens with zero attached hydrogens (tertiary/aromatic N) is 2. The molecule has 5 nitrogen and oxygen atoms in total. The number of aromatic amines is 1. The lowest BCUT2D eigenvalue weighted by atomic mass is 9.71. The number of hydrogen-bond donors (Lipinski definition) is 2. The van der Waals surface area contributed by atoms with Crippen molar-refractivity contribution in [2.75, 3.05) is 0 Å². The zero-order valence-electron chi connectivity index (χ0n) is 15.9. The van der Waals surface area contributed by atoms with Crippen molar-refractivity contribution in [3.63, 3.8) is 0 Å². The van der Waals surface area contributed by atoms with Crippen molar-refractivity contribution >= 4 is 5.91 Å². The van der Waals surface area contributed by atoms with Gasteiger partial charge in [0.2, 0.25) is 0 Å². The van der Waals surface area contributed by atoms with Gasteiger partial charge in [0.1, 0.15) is 0 Å². The molecule has 140 valence electrons. The molecule has 1 spiro atoms. The quantitative estimate of drug-likeness (QED) is 0.685. The summed E-state index contributed by atoms with van der Waals surface area (Å²) in [6.45, 7) is 2.04. The highest BCUT2D eigenvalue weighted by atomic mass is 16.2. The van der Waals surface area contributed by atoms with Gasteiger partial charge < -0.3 is 10.3 Å². The Morgan fingerprint density at radius 3 is 2.79 bits per heavy atom. The first-order chi connectivity index (χ1) is 13.6. The molecule has 0 bridgehead atoms. The van der Waals surface area contributed by atoms with Crippen molar-refractivity contribution in [1.29, 1.82) is 0 Å². The molecule has 3 aromatic rings. The van der Waals surface area contributed by atoms with E-state index in [2.05, 4.69) is 32.4 Å². The molecule has 3 aromatic heterocycles. The number of hydrogen-bond acceptors (Lipinski definition) is 3. The van der Waals surface area contributed by atoms with Crippen LogP contribution in [0.4, 0.5) is 0 Å². The number of pyridine rings is 2. The number of amides is 1. The van der Waals surface area contributed by atoms with Crippen molar-refractivity contribution in [3.8, 4) is 22.5 Å². The fraction of sp³-hybridized carbons (Fsp3) is 0.348. The second-order valence-corrected chi connectivity index (χ2v) is 8.57. The smallest absolute Gasteiger partial charge is 0.253 e. The molecule has 0 aromatic carbocycles. The van der Waals surface area contributed by atoms with E-state index in [1.807, 2.05) is 25.5 Å². The van der Waals surface area contributed by atoms with Crippen molar-refractivity contribution in [3.05, 3.63) is 58.7 Å². The lowest BCUT2D eigenvalue weighted by Gasteiger charge is -2.45. The summed E-state index contributed by atoms with van der Waals surface area (Å²) in [5.41, 5.74) is 9.80. The van der Waals surface area contributed by atoms with Gasteiger partial charge in [-0.3, -0.25) is 14.8 Å². The van der Waals surface area contributed by atoms with E-state index in [1.165, 1.54) is 23.1 Å². The van der Waals surface area contributed by atoms with Crippen LogP contribution in [0.2, 0.25) is 0 Å². The van der Waals surface area contributed by atoms with Crippen LogP contribution in [0, 0.1) is 6.92 Å². The van der Waals surface area contributed by atoms with Crippen molar-refractivity contribution in [2.45, 2.75) is 51.0 Å². The largest absolute Gasteiger partial charge is 0.357 e. The zero-order valence-corrected chi connectivity index (χ0v) is 15.9. The third-order valence-electron chi connectivity index (χ3n) is 6.68. The van der Waals surface area contributed by atoms with E-state index in [9.17, 15) is 4.79 Å². The van der Waals surface area contributed by atoms with Crippen LogP contribution in [-0.2, 0) is 19.3 Å². The topological polar surface area (TPSA) is 70.7 Å². The third-order valence-corrected chi connectivity index (χ3v) is 6.68.